The SMILES string of the molecule is Cc1oc(Cc2cccc(Cl)c2)nc1-c1ccc(OCc2ccc(C=O)cn2)cc1. The molecule has 6 heteroatoms. The molecule has 4 rings (SSSR count). The van der Waals surface area contributed by atoms with Gasteiger partial charge in [0.2, 0.25) is 0 Å². The molecule has 0 spiro atoms. The molecule has 30 heavy (non-hydrogen) atoms. The van der Waals surface area contributed by atoms with Crippen molar-refractivity contribution in [2.45, 2.75) is 20.0 Å². The third-order valence-corrected chi connectivity index (χ3v) is 4.82. The van der Waals surface area contributed by atoms with Crippen molar-refractivity contribution < 1.29 is 13.9 Å². The first-order valence-electron chi connectivity index (χ1n) is 9.45. The van der Waals surface area contributed by atoms with Crippen molar-refractivity contribution in [3.63, 3.8) is 0 Å². The number of halogens is 1. The Morgan fingerprint density at radius 3 is 2.63 bits per heavy atom. The minimum atomic E-state index is 0.325. The van der Waals surface area contributed by atoms with Gasteiger partial charge in [-0.1, -0.05) is 23.7 Å². The second-order valence-electron chi connectivity index (χ2n) is 6.83. The first kappa shape index (κ1) is 19.9. The fraction of sp³-hybridized carbons (Fsp3) is 0.125. The van der Waals surface area contributed by atoms with Crippen molar-refractivity contribution in [3.05, 3.63) is 100 Å². The summed E-state index contributed by atoms with van der Waals surface area (Å²) in [7, 11) is 0. The van der Waals surface area contributed by atoms with Crippen LogP contribution in [0.3, 0.4) is 0 Å². The van der Waals surface area contributed by atoms with Gasteiger partial charge in [-0.05, 0) is 61.0 Å². The van der Waals surface area contributed by atoms with E-state index < -0.39 is 0 Å². The summed E-state index contributed by atoms with van der Waals surface area (Å²) in [5.41, 5.74) is 4.11. The molecule has 0 saturated carbocycles. The lowest BCUT2D eigenvalue weighted by atomic mass is 10.1. The van der Waals surface area contributed by atoms with E-state index in [0.717, 1.165) is 40.3 Å². The molecule has 2 aromatic heterocycles. The Kier molecular flexibility index (Phi) is 5.91. The van der Waals surface area contributed by atoms with Crippen molar-refractivity contribution in [2.24, 2.45) is 0 Å². The monoisotopic (exact) mass is 418 g/mol. The maximum Gasteiger partial charge on any atom is 0.199 e. The average molecular weight is 419 g/mol. The summed E-state index contributed by atoms with van der Waals surface area (Å²) in [6.07, 6.45) is 2.88. The van der Waals surface area contributed by atoms with Gasteiger partial charge in [-0.25, -0.2) is 4.98 Å². The van der Waals surface area contributed by atoms with Gasteiger partial charge in [0, 0.05) is 28.8 Å². The fourth-order valence-corrected chi connectivity index (χ4v) is 3.29. The van der Waals surface area contributed by atoms with Crippen LogP contribution in [0, 0.1) is 6.92 Å². The van der Waals surface area contributed by atoms with E-state index in [-0.39, 0.29) is 0 Å². The maximum absolute atomic E-state index is 10.7. The summed E-state index contributed by atoms with van der Waals surface area (Å²) >= 11 is 6.06. The molecule has 2 aromatic carbocycles. The smallest absolute Gasteiger partial charge is 0.199 e. The Morgan fingerprint density at radius 1 is 1.10 bits per heavy atom. The van der Waals surface area contributed by atoms with Crippen LogP contribution < -0.4 is 4.74 Å². The number of benzene rings is 2. The molecule has 0 unspecified atom stereocenters. The van der Waals surface area contributed by atoms with Crippen molar-refractivity contribution in [1.82, 2.24) is 9.97 Å². The lowest BCUT2D eigenvalue weighted by molar-refractivity contribution is 0.112. The van der Waals surface area contributed by atoms with Crippen LogP contribution >= 0.6 is 11.6 Å². The lowest BCUT2D eigenvalue weighted by Crippen LogP contribution is -1.98. The van der Waals surface area contributed by atoms with Crippen LogP contribution in [0.5, 0.6) is 5.75 Å². The molecule has 0 saturated heterocycles. The highest BCUT2D eigenvalue weighted by Crippen LogP contribution is 2.27. The highest BCUT2D eigenvalue weighted by atomic mass is 35.5. The summed E-state index contributed by atoms with van der Waals surface area (Å²) < 4.78 is 11.6. The number of pyridine rings is 1. The molecule has 0 fully saturated rings. The highest BCUT2D eigenvalue weighted by Gasteiger charge is 2.12. The Morgan fingerprint density at radius 2 is 1.93 bits per heavy atom. The van der Waals surface area contributed by atoms with Gasteiger partial charge in [-0.15, -0.1) is 0 Å². The molecule has 0 bridgehead atoms. The highest BCUT2D eigenvalue weighted by molar-refractivity contribution is 6.30. The Balaban J connectivity index is 1.43. The quantitative estimate of drug-likeness (QED) is 0.361. The average Bonchev–Trinajstić information content (AvgIpc) is 3.13. The zero-order chi connectivity index (χ0) is 20.9. The maximum atomic E-state index is 10.7. The third-order valence-electron chi connectivity index (χ3n) is 4.58. The van der Waals surface area contributed by atoms with E-state index in [1.807, 2.05) is 55.5 Å². The van der Waals surface area contributed by atoms with E-state index in [0.29, 0.717) is 29.5 Å². The molecule has 0 aliphatic carbocycles. The van der Waals surface area contributed by atoms with Gasteiger partial charge in [0.25, 0.3) is 0 Å². The standard InChI is InChI=1S/C24H19ClN2O3/c1-16-24(27-23(30-16)12-17-3-2-4-20(25)11-17)19-6-9-22(10-7-19)29-15-21-8-5-18(14-28)13-26-21/h2-11,13-14H,12,15H2,1H3. The number of ether oxygens (including phenoxy) is 1. The van der Waals surface area contributed by atoms with E-state index >= 15 is 0 Å². The second kappa shape index (κ2) is 8.93. The van der Waals surface area contributed by atoms with Crippen LogP contribution in [0.15, 0.2) is 71.3 Å². The normalized spacial score (nSPS) is 10.7. The molecule has 0 aliphatic heterocycles. The number of hydrogen-bond acceptors (Lipinski definition) is 5. The van der Waals surface area contributed by atoms with E-state index in [9.17, 15) is 4.79 Å². The van der Waals surface area contributed by atoms with Crippen molar-refractivity contribution in [2.75, 3.05) is 0 Å². The predicted molar refractivity (Wildman–Crippen MR) is 115 cm³/mol. The van der Waals surface area contributed by atoms with Crippen LogP contribution in [-0.2, 0) is 13.0 Å². The van der Waals surface area contributed by atoms with Crippen LogP contribution in [0.25, 0.3) is 11.3 Å². The third kappa shape index (κ3) is 4.75. The van der Waals surface area contributed by atoms with Crippen LogP contribution in [0.4, 0.5) is 0 Å². The molecular formula is C24H19ClN2O3. The van der Waals surface area contributed by atoms with Gasteiger partial charge < -0.3 is 9.15 Å². The summed E-state index contributed by atoms with van der Waals surface area (Å²) in [4.78, 5) is 19.5. The summed E-state index contributed by atoms with van der Waals surface area (Å²) in [6.45, 7) is 2.23. The number of aryl methyl sites for hydroxylation is 1. The van der Waals surface area contributed by atoms with E-state index in [4.69, 9.17) is 20.8 Å². The molecule has 0 N–H and O–H groups in total. The van der Waals surface area contributed by atoms with Crippen LogP contribution in [0.2, 0.25) is 5.02 Å². The Labute approximate surface area is 179 Å². The number of rotatable bonds is 7. The minimum absolute atomic E-state index is 0.325. The lowest BCUT2D eigenvalue weighted by Gasteiger charge is -2.06. The number of carbonyl (C=O) groups is 1. The molecule has 0 atom stereocenters. The van der Waals surface area contributed by atoms with Gasteiger partial charge in [-0.2, -0.15) is 0 Å². The summed E-state index contributed by atoms with van der Waals surface area (Å²) in [5.74, 6) is 2.13. The molecule has 5 nitrogen and oxygen atoms in total. The van der Waals surface area contributed by atoms with Crippen molar-refractivity contribution in [3.8, 4) is 17.0 Å². The zero-order valence-electron chi connectivity index (χ0n) is 16.3. The van der Waals surface area contributed by atoms with Gasteiger partial charge in [0.15, 0.2) is 12.2 Å². The Hall–Kier alpha value is -3.44. The first-order chi connectivity index (χ1) is 14.6. The van der Waals surface area contributed by atoms with Crippen molar-refractivity contribution >= 4 is 17.9 Å². The largest absolute Gasteiger partial charge is 0.487 e. The summed E-state index contributed by atoms with van der Waals surface area (Å²) in [6, 6.07) is 18.8. The number of aldehydes is 1. The molecular weight excluding hydrogens is 400 g/mol. The molecule has 4 aromatic rings. The Bertz CT molecular complexity index is 1150. The van der Waals surface area contributed by atoms with Crippen LogP contribution in [0.1, 0.15) is 33.3 Å². The van der Waals surface area contributed by atoms with E-state index in [1.165, 1.54) is 6.20 Å². The zero-order valence-corrected chi connectivity index (χ0v) is 17.1. The molecule has 0 radical (unpaired) electrons. The van der Waals surface area contributed by atoms with Gasteiger partial charge in [-0.3, -0.25) is 9.78 Å². The van der Waals surface area contributed by atoms with Crippen LogP contribution in [-0.4, -0.2) is 16.3 Å². The number of carbonyl (C=O) groups excluding carboxylic acids is 1. The van der Waals surface area contributed by atoms with Crippen molar-refractivity contribution in [1.29, 1.82) is 0 Å². The van der Waals surface area contributed by atoms with E-state index in [1.54, 1.807) is 12.1 Å². The van der Waals surface area contributed by atoms with Gasteiger partial charge in [0.1, 0.15) is 23.8 Å². The number of oxazole rings is 1. The predicted octanol–water partition coefficient (Wildman–Crippen LogP) is 5.68. The molecule has 2 heterocycles. The van der Waals surface area contributed by atoms with Gasteiger partial charge in [0.05, 0.1) is 5.69 Å². The fourth-order valence-electron chi connectivity index (χ4n) is 3.07. The number of aromatic nitrogens is 2. The molecule has 150 valence electrons. The topological polar surface area (TPSA) is 65.2 Å². The molecule has 0 aliphatic rings. The van der Waals surface area contributed by atoms with Gasteiger partial charge >= 0.3 is 0 Å². The van der Waals surface area contributed by atoms with E-state index in [2.05, 4.69) is 9.97 Å². The minimum Gasteiger partial charge on any atom is -0.487 e. The second-order valence-corrected chi connectivity index (χ2v) is 7.27. The number of hydrogen-bond donors (Lipinski definition) is 0. The first-order valence-corrected chi connectivity index (χ1v) is 9.82. The summed E-state index contributed by atoms with van der Waals surface area (Å²) in [5, 5.41) is 0.696. The molecule has 0 amide bonds. The number of nitrogens with zero attached hydrogens (tertiary/aromatic N) is 2.